The van der Waals surface area contributed by atoms with Gasteiger partial charge in [0.05, 0.1) is 25.7 Å². The number of methoxy groups -OCH3 is 1. The van der Waals surface area contributed by atoms with Crippen molar-refractivity contribution in [3.8, 4) is 11.1 Å². The third-order valence-corrected chi connectivity index (χ3v) is 5.75. The van der Waals surface area contributed by atoms with Crippen LogP contribution in [0.25, 0.3) is 21.9 Å². The van der Waals surface area contributed by atoms with E-state index in [1.165, 1.54) is 18.9 Å². The number of hydrogen-bond acceptors (Lipinski definition) is 5. The normalized spacial score (nSPS) is 10.8. The van der Waals surface area contributed by atoms with Crippen LogP contribution in [0.3, 0.4) is 0 Å². The Balaban J connectivity index is 2.33. The van der Waals surface area contributed by atoms with Crippen molar-refractivity contribution in [3.05, 3.63) is 65.2 Å². The molecule has 0 bridgehead atoms. The quantitative estimate of drug-likeness (QED) is 0.402. The molecule has 29 heavy (non-hydrogen) atoms. The minimum atomic E-state index is -0.401. The third kappa shape index (κ3) is 4.15. The Labute approximate surface area is 175 Å². The molecule has 0 aliphatic carbocycles. The van der Waals surface area contributed by atoms with Gasteiger partial charge in [-0.15, -0.1) is 11.8 Å². The zero-order valence-electron chi connectivity index (χ0n) is 17.1. The average Bonchev–Trinajstić information content (AvgIpc) is 2.74. The molecule has 0 saturated heterocycles. The fraction of sp³-hybridized carbons (Fsp3) is 0.250. The number of fused-ring (bicyclic) bond motifs is 1. The molecule has 3 aromatic carbocycles. The molecular weight excluding hydrogens is 384 g/mol. The molecular formula is C24H24O4S. The third-order valence-electron chi connectivity index (χ3n) is 4.99. The first-order chi connectivity index (χ1) is 14.0. The highest BCUT2D eigenvalue weighted by atomic mass is 32.2. The van der Waals surface area contributed by atoms with Gasteiger partial charge in [0.1, 0.15) is 0 Å². The van der Waals surface area contributed by atoms with Crippen LogP contribution in [-0.4, -0.2) is 31.9 Å². The summed E-state index contributed by atoms with van der Waals surface area (Å²) in [7, 11) is 1.37. The first kappa shape index (κ1) is 20.9. The van der Waals surface area contributed by atoms with Gasteiger partial charge >= 0.3 is 11.9 Å². The molecule has 5 heteroatoms. The summed E-state index contributed by atoms with van der Waals surface area (Å²) >= 11 is 1.49. The van der Waals surface area contributed by atoms with E-state index in [0.29, 0.717) is 12.2 Å². The average molecular weight is 409 g/mol. The molecule has 3 rings (SSSR count). The van der Waals surface area contributed by atoms with Crippen LogP contribution in [0.2, 0.25) is 0 Å². The second-order valence-corrected chi connectivity index (χ2v) is 7.45. The molecule has 0 radical (unpaired) electrons. The fourth-order valence-electron chi connectivity index (χ4n) is 3.63. The maximum Gasteiger partial charge on any atom is 0.339 e. The number of carbonyl (C=O) groups excluding carboxylic acids is 2. The molecule has 0 atom stereocenters. The molecule has 0 N–H and O–H groups in total. The summed E-state index contributed by atoms with van der Waals surface area (Å²) in [5.41, 5.74) is 4.00. The van der Waals surface area contributed by atoms with Crippen LogP contribution in [0.15, 0.2) is 53.4 Å². The Morgan fingerprint density at radius 2 is 1.76 bits per heavy atom. The van der Waals surface area contributed by atoms with Crippen LogP contribution in [-0.2, 0) is 20.7 Å². The van der Waals surface area contributed by atoms with Crippen molar-refractivity contribution in [1.82, 2.24) is 0 Å². The Bertz CT molecular complexity index is 1070. The van der Waals surface area contributed by atoms with Crippen LogP contribution in [0.4, 0.5) is 0 Å². The Kier molecular flexibility index (Phi) is 6.60. The summed E-state index contributed by atoms with van der Waals surface area (Å²) in [5, 5.41) is 2.21. The topological polar surface area (TPSA) is 52.6 Å². The molecule has 4 nitrogen and oxygen atoms in total. The molecule has 0 fully saturated rings. The molecule has 0 saturated carbocycles. The van der Waals surface area contributed by atoms with E-state index in [9.17, 15) is 9.59 Å². The van der Waals surface area contributed by atoms with Gasteiger partial charge in [0.15, 0.2) is 0 Å². The van der Waals surface area contributed by atoms with Crippen LogP contribution in [0.1, 0.15) is 28.4 Å². The number of rotatable bonds is 6. The minimum Gasteiger partial charge on any atom is -0.466 e. The zero-order valence-corrected chi connectivity index (χ0v) is 17.9. The largest absolute Gasteiger partial charge is 0.466 e. The van der Waals surface area contributed by atoms with Crippen LogP contribution < -0.4 is 0 Å². The summed E-state index contributed by atoms with van der Waals surface area (Å²) in [5.74, 6) is -0.716. The minimum absolute atomic E-state index is 0.0941. The van der Waals surface area contributed by atoms with Crippen LogP contribution >= 0.6 is 11.8 Å². The number of hydrogen-bond donors (Lipinski definition) is 0. The second kappa shape index (κ2) is 9.14. The molecule has 0 aliphatic rings. The predicted molar refractivity (Wildman–Crippen MR) is 118 cm³/mol. The van der Waals surface area contributed by atoms with E-state index in [-0.39, 0.29) is 12.4 Å². The lowest BCUT2D eigenvalue weighted by atomic mass is 9.88. The van der Waals surface area contributed by atoms with Crippen molar-refractivity contribution in [2.24, 2.45) is 0 Å². The molecule has 0 heterocycles. The molecule has 0 unspecified atom stereocenters. The van der Waals surface area contributed by atoms with Gasteiger partial charge in [-0.3, -0.25) is 4.79 Å². The monoisotopic (exact) mass is 408 g/mol. The van der Waals surface area contributed by atoms with Gasteiger partial charge in [0.25, 0.3) is 0 Å². The SMILES string of the molecule is CCOC(=O)Cc1c(-c2cccc3ccccc23)cc(SC)c(C(=O)OC)c1C. The summed E-state index contributed by atoms with van der Waals surface area (Å²) in [6.45, 7) is 3.97. The standard InChI is InChI=1S/C24H24O4S/c1-5-28-22(25)14-19-15(2)23(24(26)27-3)21(29-4)13-20(19)18-12-8-10-16-9-6-7-11-17(16)18/h6-13H,5,14H2,1-4H3. The number of thioether (sulfide) groups is 1. The highest BCUT2D eigenvalue weighted by molar-refractivity contribution is 7.98. The molecule has 150 valence electrons. The highest BCUT2D eigenvalue weighted by Crippen LogP contribution is 2.38. The summed E-state index contributed by atoms with van der Waals surface area (Å²) in [6.07, 6.45) is 2.02. The van der Waals surface area contributed by atoms with Crippen LogP contribution in [0, 0.1) is 6.92 Å². The van der Waals surface area contributed by atoms with E-state index in [2.05, 4.69) is 18.2 Å². The van der Waals surface area contributed by atoms with Gasteiger partial charge in [0.2, 0.25) is 0 Å². The maximum absolute atomic E-state index is 12.5. The Hall–Kier alpha value is -2.79. The lowest BCUT2D eigenvalue weighted by Crippen LogP contribution is -2.14. The molecule has 0 amide bonds. The maximum atomic E-state index is 12.5. The Morgan fingerprint density at radius 3 is 2.45 bits per heavy atom. The van der Waals surface area contributed by atoms with E-state index in [1.807, 2.05) is 43.5 Å². The Morgan fingerprint density at radius 1 is 1.03 bits per heavy atom. The first-order valence-electron chi connectivity index (χ1n) is 9.44. The number of benzene rings is 3. The lowest BCUT2D eigenvalue weighted by molar-refractivity contribution is -0.142. The van der Waals surface area contributed by atoms with E-state index >= 15 is 0 Å². The highest BCUT2D eigenvalue weighted by Gasteiger charge is 2.23. The number of ether oxygens (including phenoxy) is 2. The van der Waals surface area contributed by atoms with Crippen molar-refractivity contribution >= 4 is 34.5 Å². The van der Waals surface area contributed by atoms with Crippen molar-refractivity contribution in [2.75, 3.05) is 20.0 Å². The number of esters is 2. The number of carbonyl (C=O) groups is 2. The van der Waals surface area contributed by atoms with Gasteiger partial charge in [0, 0.05) is 4.90 Å². The van der Waals surface area contributed by atoms with Gasteiger partial charge in [-0.25, -0.2) is 4.79 Å². The van der Waals surface area contributed by atoms with Gasteiger partial charge in [-0.1, -0.05) is 42.5 Å². The van der Waals surface area contributed by atoms with Gasteiger partial charge < -0.3 is 9.47 Å². The smallest absolute Gasteiger partial charge is 0.339 e. The van der Waals surface area contributed by atoms with Gasteiger partial charge in [-0.05, 0) is 59.2 Å². The van der Waals surface area contributed by atoms with E-state index in [4.69, 9.17) is 9.47 Å². The second-order valence-electron chi connectivity index (χ2n) is 6.61. The summed E-state index contributed by atoms with van der Waals surface area (Å²) in [4.78, 5) is 25.7. The van der Waals surface area contributed by atoms with Crippen LogP contribution in [0.5, 0.6) is 0 Å². The molecule has 3 aromatic rings. The van der Waals surface area contributed by atoms with E-state index in [1.54, 1.807) is 6.92 Å². The van der Waals surface area contributed by atoms with Crippen molar-refractivity contribution in [1.29, 1.82) is 0 Å². The lowest BCUT2D eigenvalue weighted by Gasteiger charge is -2.19. The summed E-state index contributed by atoms with van der Waals surface area (Å²) in [6, 6.07) is 16.2. The van der Waals surface area contributed by atoms with Crippen molar-refractivity contribution < 1.29 is 19.1 Å². The molecule has 0 aromatic heterocycles. The van der Waals surface area contributed by atoms with E-state index < -0.39 is 5.97 Å². The molecule has 0 aliphatic heterocycles. The van der Waals surface area contributed by atoms with Crippen molar-refractivity contribution in [2.45, 2.75) is 25.2 Å². The fourth-order valence-corrected chi connectivity index (χ4v) is 4.31. The van der Waals surface area contributed by atoms with Gasteiger partial charge in [-0.2, -0.15) is 0 Å². The van der Waals surface area contributed by atoms with Crippen molar-refractivity contribution in [3.63, 3.8) is 0 Å². The zero-order chi connectivity index (χ0) is 21.0. The first-order valence-corrected chi connectivity index (χ1v) is 10.7. The van der Waals surface area contributed by atoms with E-state index in [0.717, 1.165) is 37.9 Å². The summed E-state index contributed by atoms with van der Waals surface area (Å²) < 4.78 is 10.2. The predicted octanol–water partition coefficient (Wildman–Crippen LogP) is 5.43. The molecule has 0 spiro atoms.